The lowest BCUT2D eigenvalue weighted by Crippen LogP contribution is -2.45. The van der Waals surface area contributed by atoms with Gasteiger partial charge in [0.25, 0.3) is 0 Å². The van der Waals surface area contributed by atoms with Crippen LogP contribution < -0.4 is 0 Å². The molecule has 3 fully saturated rings. The van der Waals surface area contributed by atoms with Gasteiger partial charge in [0, 0.05) is 30.9 Å². The number of fused-ring (bicyclic) bond motifs is 2. The van der Waals surface area contributed by atoms with Gasteiger partial charge in [0.1, 0.15) is 0 Å². The number of sulfonamides is 1. The molecule has 4 heterocycles. The summed E-state index contributed by atoms with van der Waals surface area (Å²) in [5, 5.41) is 0. The van der Waals surface area contributed by atoms with Crippen LogP contribution in [0.25, 0.3) is 0 Å². The first kappa shape index (κ1) is 16.5. The summed E-state index contributed by atoms with van der Waals surface area (Å²) >= 11 is 0. The van der Waals surface area contributed by atoms with E-state index in [9.17, 15) is 8.42 Å². The maximum absolute atomic E-state index is 11.7. The van der Waals surface area contributed by atoms with Crippen LogP contribution in [0, 0.1) is 12.8 Å². The molecule has 3 aliphatic rings. The first-order chi connectivity index (χ1) is 11.4. The van der Waals surface area contributed by atoms with E-state index in [0.29, 0.717) is 31.0 Å². The largest absolute Gasteiger partial charge is 0.371 e. The fraction of sp³-hybridized carbons (Fsp3) is 0.722. The molecule has 132 valence electrons. The lowest BCUT2D eigenvalue weighted by atomic mass is 9.70. The summed E-state index contributed by atoms with van der Waals surface area (Å²) in [5.74, 6) is 0.946. The zero-order chi connectivity index (χ0) is 16.9. The fourth-order valence-electron chi connectivity index (χ4n) is 5.05. The first-order valence-corrected chi connectivity index (χ1v) is 10.8. The molecule has 0 saturated carbocycles. The Bertz CT molecular complexity index is 728. The zero-order valence-corrected chi connectivity index (χ0v) is 15.3. The molecule has 0 aromatic carbocycles. The summed E-state index contributed by atoms with van der Waals surface area (Å²) in [6, 6.07) is 4.32. The summed E-state index contributed by atoms with van der Waals surface area (Å²) < 4.78 is 31.6. The van der Waals surface area contributed by atoms with Crippen molar-refractivity contribution >= 4 is 10.0 Å². The molecular weight excluding hydrogens is 324 g/mol. The van der Waals surface area contributed by atoms with Crippen LogP contribution in [0.3, 0.4) is 0 Å². The van der Waals surface area contributed by atoms with Crippen molar-refractivity contribution in [2.75, 3.05) is 19.3 Å². The van der Waals surface area contributed by atoms with Gasteiger partial charge in [0.05, 0.1) is 18.0 Å². The van der Waals surface area contributed by atoms with E-state index in [4.69, 9.17) is 4.74 Å². The van der Waals surface area contributed by atoms with Crippen LogP contribution in [-0.4, -0.2) is 48.8 Å². The molecule has 4 rings (SSSR count). The molecule has 5 nitrogen and oxygen atoms in total. The maximum Gasteiger partial charge on any atom is 0.211 e. The van der Waals surface area contributed by atoms with E-state index < -0.39 is 10.0 Å². The highest BCUT2D eigenvalue weighted by molar-refractivity contribution is 7.88. The third kappa shape index (κ3) is 2.78. The molecular formula is C18H26N2O3S. The smallest absolute Gasteiger partial charge is 0.211 e. The summed E-state index contributed by atoms with van der Waals surface area (Å²) in [6.07, 6.45) is 8.69. The minimum absolute atomic E-state index is 0.0316. The Hall–Kier alpha value is -0.980. The Labute approximate surface area is 144 Å². The normalized spacial score (nSPS) is 34.8. The second-order valence-corrected chi connectivity index (χ2v) is 9.72. The number of piperidine rings is 1. The van der Waals surface area contributed by atoms with E-state index >= 15 is 0 Å². The number of aromatic nitrogens is 1. The monoisotopic (exact) mass is 350 g/mol. The van der Waals surface area contributed by atoms with Crippen LogP contribution in [0.5, 0.6) is 0 Å². The van der Waals surface area contributed by atoms with E-state index in [1.165, 1.54) is 11.8 Å². The molecule has 24 heavy (non-hydrogen) atoms. The number of aryl methyl sites for hydroxylation is 1. The Morgan fingerprint density at radius 2 is 2.04 bits per heavy atom. The van der Waals surface area contributed by atoms with Gasteiger partial charge in [-0.2, -0.15) is 0 Å². The van der Waals surface area contributed by atoms with Crippen molar-refractivity contribution in [1.82, 2.24) is 9.29 Å². The van der Waals surface area contributed by atoms with Gasteiger partial charge in [0.15, 0.2) is 0 Å². The molecule has 3 saturated heterocycles. The number of rotatable bonds is 3. The Balaban J connectivity index is 1.49. The van der Waals surface area contributed by atoms with E-state index in [1.54, 1.807) is 4.31 Å². The van der Waals surface area contributed by atoms with Crippen molar-refractivity contribution in [3.63, 3.8) is 0 Å². The molecule has 0 amide bonds. The summed E-state index contributed by atoms with van der Waals surface area (Å²) in [5.41, 5.74) is 2.38. The topological polar surface area (TPSA) is 59.5 Å². The molecule has 6 heteroatoms. The van der Waals surface area contributed by atoms with E-state index in [1.807, 2.05) is 13.1 Å². The molecule has 1 aromatic rings. The average molecular weight is 350 g/mol. The minimum atomic E-state index is -3.06. The van der Waals surface area contributed by atoms with Gasteiger partial charge in [-0.3, -0.25) is 4.98 Å². The molecule has 3 aliphatic heterocycles. The van der Waals surface area contributed by atoms with Crippen LogP contribution in [-0.2, 0) is 14.8 Å². The summed E-state index contributed by atoms with van der Waals surface area (Å²) in [6.45, 7) is 3.31. The predicted molar refractivity (Wildman–Crippen MR) is 92.3 cm³/mol. The molecule has 2 bridgehead atoms. The highest BCUT2D eigenvalue weighted by Crippen LogP contribution is 2.56. The van der Waals surface area contributed by atoms with E-state index in [2.05, 4.69) is 17.1 Å². The lowest BCUT2D eigenvalue weighted by molar-refractivity contribution is -0.0467. The van der Waals surface area contributed by atoms with Gasteiger partial charge >= 0.3 is 0 Å². The third-order valence-corrected chi connectivity index (χ3v) is 7.57. The molecule has 0 aliphatic carbocycles. The Morgan fingerprint density at radius 3 is 2.71 bits per heavy atom. The maximum atomic E-state index is 11.7. The minimum Gasteiger partial charge on any atom is -0.371 e. The summed E-state index contributed by atoms with van der Waals surface area (Å²) in [4.78, 5) is 4.31. The zero-order valence-electron chi connectivity index (χ0n) is 14.4. The standard InChI is InChI=1S/C18H26N2O3S/c1-13-11-14(4-8-19-13)16-12-18(7-3-17(16)23-18)15-5-9-20(10-6-15)24(2,21)22/h4,8,11,15-17H,3,5-7,9-10,12H2,1-2H3. The average Bonchev–Trinajstić information content (AvgIpc) is 3.14. The van der Waals surface area contributed by atoms with Crippen molar-refractivity contribution < 1.29 is 13.2 Å². The predicted octanol–water partition coefficient (Wildman–Crippen LogP) is 2.47. The SMILES string of the molecule is Cc1cc(C2CC3(C4CCN(S(C)(=O)=O)CC4)CCC2O3)ccn1. The quantitative estimate of drug-likeness (QED) is 0.840. The van der Waals surface area contributed by atoms with Crippen molar-refractivity contribution in [2.24, 2.45) is 5.92 Å². The van der Waals surface area contributed by atoms with Gasteiger partial charge in [-0.25, -0.2) is 12.7 Å². The Kier molecular flexibility index (Phi) is 3.97. The van der Waals surface area contributed by atoms with Crippen LogP contribution in [0.1, 0.15) is 49.3 Å². The molecule has 0 radical (unpaired) electrons. The number of hydrogen-bond acceptors (Lipinski definition) is 4. The van der Waals surface area contributed by atoms with Crippen molar-refractivity contribution in [1.29, 1.82) is 0 Å². The summed E-state index contributed by atoms with van der Waals surface area (Å²) in [7, 11) is -3.06. The fourth-order valence-corrected chi connectivity index (χ4v) is 5.93. The molecule has 3 unspecified atom stereocenters. The second kappa shape index (κ2) is 5.78. The van der Waals surface area contributed by atoms with Gasteiger partial charge in [-0.1, -0.05) is 0 Å². The van der Waals surface area contributed by atoms with E-state index in [0.717, 1.165) is 37.8 Å². The third-order valence-electron chi connectivity index (χ3n) is 6.27. The first-order valence-electron chi connectivity index (χ1n) is 8.93. The van der Waals surface area contributed by atoms with Gasteiger partial charge in [0.2, 0.25) is 10.0 Å². The van der Waals surface area contributed by atoms with Crippen LogP contribution in [0.15, 0.2) is 18.3 Å². The van der Waals surface area contributed by atoms with Crippen molar-refractivity contribution in [3.05, 3.63) is 29.6 Å². The molecule has 0 N–H and O–H groups in total. The number of ether oxygens (including phenoxy) is 1. The number of hydrogen-bond donors (Lipinski definition) is 0. The number of nitrogens with zero attached hydrogens (tertiary/aromatic N) is 2. The lowest BCUT2D eigenvalue weighted by Gasteiger charge is -2.40. The van der Waals surface area contributed by atoms with Gasteiger partial charge in [-0.15, -0.1) is 0 Å². The number of pyridine rings is 1. The molecule has 1 aromatic heterocycles. The van der Waals surface area contributed by atoms with Gasteiger partial charge in [-0.05, 0) is 62.6 Å². The van der Waals surface area contributed by atoms with Crippen LogP contribution >= 0.6 is 0 Å². The molecule has 3 atom stereocenters. The van der Waals surface area contributed by atoms with Gasteiger partial charge < -0.3 is 4.74 Å². The van der Waals surface area contributed by atoms with Crippen molar-refractivity contribution in [3.8, 4) is 0 Å². The highest BCUT2D eigenvalue weighted by atomic mass is 32.2. The Morgan fingerprint density at radius 1 is 1.29 bits per heavy atom. The van der Waals surface area contributed by atoms with Crippen LogP contribution in [0.4, 0.5) is 0 Å². The highest BCUT2D eigenvalue weighted by Gasteiger charge is 2.56. The second-order valence-electron chi connectivity index (χ2n) is 7.74. The van der Waals surface area contributed by atoms with E-state index in [-0.39, 0.29) is 5.60 Å². The van der Waals surface area contributed by atoms with Crippen LogP contribution in [0.2, 0.25) is 0 Å². The van der Waals surface area contributed by atoms with Crippen molar-refractivity contribution in [2.45, 2.75) is 56.7 Å². The molecule has 0 spiro atoms.